The van der Waals surface area contributed by atoms with Gasteiger partial charge in [0.25, 0.3) is 0 Å². The van der Waals surface area contributed by atoms with Crippen LogP contribution in [0, 0.1) is 0 Å². The van der Waals surface area contributed by atoms with E-state index in [2.05, 4.69) is 21.9 Å². The fraction of sp³-hybridized carbons (Fsp3) is 0.474. The molecule has 146 valence electrons. The predicted octanol–water partition coefficient (Wildman–Crippen LogP) is 2.37. The van der Waals surface area contributed by atoms with Gasteiger partial charge >= 0.3 is 0 Å². The molecule has 0 bridgehead atoms. The van der Waals surface area contributed by atoms with Crippen molar-refractivity contribution in [1.29, 1.82) is 0 Å². The summed E-state index contributed by atoms with van der Waals surface area (Å²) in [5, 5.41) is 0. The van der Waals surface area contributed by atoms with Gasteiger partial charge in [-0.3, -0.25) is 4.79 Å². The van der Waals surface area contributed by atoms with Crippen LogP contribution in [0.1, 0.15) is 49.9 Å². The maximum absolute atomic E-state index is 12.6. The van der Waals surface area contributed by atoms with E-state index in [1.807, 2.05) is 19.2 Å². The lowest BCUT2D eigenvalue weighted by Crippen LogP contribution is -2.30. The molecule has 2 aromatic rings. The summed E-state index contributed by atoms with van der Waals surface area (Å²) in [6.07, 6.45) is 5.37. The number of nitrogens with two attached hydrogens (primary N) is 2. The normalized spacial score (nSPS) is 11.8. The maximum Gasteiger partial charge on any atom is 0.222 e. The van der Waals surface area contributed by atoms with Gasteiger partial charge in [-0.05, 0) is 31.2 Å². The molecule has 1 atom stereocenters. The van der Waals surface area contributed by atoms with E-state index < -0.39 is 0 Å². The molecule has 8 nitrogen and oxygen atoms in total. The van der Waals surface area contributed by atoms with E-state index in [-0.39, 0.29) is 17.9 Å². The van der Waals surface area contributed by atoms with Crippen molar-refractivity contribution < 1.29 is 9.53 Å². The molecule has 0 spiro atoms. The van der Waals surface area contributed by atoms with Crippen molar-refractivity contribution in [3.63, 3.8) is 0 Å². The summed E-state index contributed by atoms with van der Waals surface area (Å²) in [5.74, 6) is 1.22. The first-order valence-corrected chi connectivity index (χ1v) is 9.09. The van der Waals surface area contributed by atoms with Gasteiger partial charge in [0.1, 0.15) is 5.82 Å². The van der Waals surface area contributed by atoms with E-state index in [9.17, 15) is 4.79 Å². The lowest BCUT2D eigenvalue weighted by atomic mass is 10.0. The van der Waals surface area contributed by atoms with Crippen molar-refractivity contribution in [3.8, 4) is 5.88 Å². The zero-order valence-electron chi connectivity index (χ0n) is 16.2. The Kier molecular flexibility index (Phi) is 7.34. The summed E-state index contributed by atoms with van der Waals surface area (Å²) in [4.78, 5) is 26.6. The monoisotopic (exact) mass is 372 g/mol. The quantitative estimate of drug-likeness (QED) is 0.648. The highest BCUT2D eigenvalue weighted by Gasteiger charge is 2.20. The summed E-state index contributed by atoms with van der Waals surface area (Å²) in [6.45, 7) is 2.06. The lowest BCUT2D eigenvalue weighted by molar-refractivity contribution is -0.132. The van der Waals surface area contributed by atoms with Crippen molar-refractivity contribution in [2.45, 2.75) is 45.1 Å². The summed E-state index contributed by atoms with van der Waals surface area (Å²) in [7, 11) is 3.42. The van der Waals surface area contributed by atoms with E-state index >= 15 is 0 Å². The van der Waals surface area contributed by atoms with Gasteiger partial charge in [0, 0.05) is 37.5 Å². The first-order valence-electron chi connectivity index (χ1n) is 9.09. The molecular formula is C19H28N6O2. The van der Waals surface area contributed by atoms with E-state index in [0.717, 1.165) is 30.5 Å². The third kappa shape index (κ3) is 5.80. The van der Waals surface area contributed by atoms with Crippen molar-refractivity contribution in [1.82, 2.24) is 19.9 Å². The molecule has 1 unspecified atom stereocenters. The second kappa shape index (κ2) is 9.70. The second-order valence-corrected chi connectivity index (χ2v) is 6.41. The van der Waals surface area contributed by atoms with Crippen molar-refractivity contribution in [2.24, 2.45) is 0 Å². The number of nitrogen functional groups attached to an aromatic ring is 2. The topological polar surface area (TPSA) is 120 Å². The molecule has 0 saturated carbocycles. The number of aryl methyl sites for hydroxylation is 1. The smallest absolute Gasteiger partial charge is 0.222 e. The minimum Gasteiger partial charge on any atom is -0.481 e. The number of carbonyl (C=O) groups is 1. The number of carbonyl (C=O) groups excluding carboxylic acids is 1. The molecule has 0 aromatic carbocycles. The maximum atomic E-state index is 12.6. The number of rotatable bonds is 9. The highest BCUT2D eigenvalue weighted by atomic mass is 16.5. The molecule has 2 aromatic heterocycles. The molecule has 0 saturated heterocycles. The Balaban J connectivity index is 1.85. The van der Waals surface area contributed by atoms with E-state index in [1.165, 1.54) is 0 Å². The number of methoxy groups -OCH3 is 1. The number of hydrogen-bond donors (Lipinski definition) is 2. The van der Waals surface area contributed by atoms with Gasteiger partial charge < -0.3 is 21.1 Å². The van der Waals surface area contributed by atoms with Crippen LogP contribution in [0.5, 0.6) is 5.88 Å². The molecule has 0 fully saturated rings. The first-order chi connectivity index (χ1) is 12.9. The molecule has 8 heteroatoms. The standard InChI is InChI=1S/C19H28N6O2/c1-4-15(13-9-10-17(27-3)22-12-13)25(2)18(26)8-6-5-7-14-11-16(20)24-19(21)23-14/h9-12,15H,4-8H2,1-3H3,(H4,20,21,23,24). The van der Waals surface area contributed by atoms with E-state index in [0.29, 0.717) is 24.5 Å². The molecule has 0 radical (unpaired) electrons. The van der Waals surface area contributed by atoms with Crippen LogP contribution in [0.4, 0.5) is 11.8 Å². The summed E-state index contributed by atoms with van der Waals surface area (Å²) < 4.78 is 5.09. The molecule has 0 aliphatic rings. The number of aromatic nitrogens is 3. The average Bonchev–Trinajstić information content (AvgIpc) is 2.65. The number of hydrogen-bond acceptors (Lipinski definition) is 7. The van der Waals surface area contributed by atoms with E-state index in [1.54, 1.807) is 24.3 Å². The summed E-state index contributed by atoms with van der Waals surface area (Å²) in [6, 6.07) is 5.48. The van der Waals surface area contributed by atoms with Gasteiger partial charge in [-0.25, -0.2) is 9.97 Å². The fourth-order valence-corrected chi connectivity index (χ4v) is 3.04. The summed E-state index contributed by atoms with van der Waals surface area (Å²) in [5.41, 5.74) is 13.1. The molecule has 27 heavy (non-hydrogen) atoms. The fourth-order valence-electron chi connectivity index (χ4n) is 3.04. The zero-order valence-corrected chi connectivity index (χ0v) is 16.2. The Morgan fingerprint density at radius 1 is 1.26 bits per heavy atom. The number of unbranched alkanes of at least 4 members (excludes halogenated alkanes) is 1. The number of pyridine rings is 1. The first kappa shape index (κ1) is 20.4. The largest absolute Gasteiger partial charge is 0.481 e. The number of nitrogens with zero attached hydrogens (tertiary/aromatic N) is 4. The van der Waals surface area contributed by atoms with Crippen LogP contribution >= 0.6 is 0 Å². The van der Waals surface area contributed by atoms with E-state index in [4.69, 9.17) is 16.2 Å². The molecule has 0 aliphatic carbocycles. The van der Waals surface area contributed by atoms with Crippen LogP contribution in [-0.4, -0.2) is 39.9 Å². The van der Waals surface area contributed by atoms with Crippen molar-refractivity contribution in [2.75, 3.05) is 25.6 Å². The zero-order chi connectivity index (χ0) is 19.8. The molecule has 2 heterocycles. The molecule has 2 rings (SSSR count). The van der Waals surface area contributed by atoms with Crippen molar-refractivity contribution in [3.05, 3.63) is 35.7 Å². The molecule has 1 amide bonds. The third-order valence-corrected chi connectivity index (χ3v) is 4.49. The highest BCUT2D eigenvalue weighted by Crippen LogP contribution is 2.24. The van der Waals surface area contributed by atoms with Crippen LogP contribution in [0.25, 0.3) is 0 Å². The Labute approximate surface area is 160 Å². The number of amides is 1. The lowest BCUT2D eigenvalue weighted by Gasteiger charge is -2.27. The Morgan fingerprint density at radius 3 is 2.63 bits per heavy atom. The Hall–Kier alpha value is -2.90. The minimum absolute atomic E-state index is 0.00244. The van der Waals surface area contributed by atoms with Crippen LogP contribution < -0.4 is 16.2 Å². The van der Waals surface area contributed by atoms with Crippen LogP contribution in [0.3, 0.4) is 0 Å². The van der Waals surface area contributed by atoms with Gasteiger partial charge in [0.2, 0.25) is 17.7 Å². The molecule has 0 aliphatic heterocycles. The molecular weight excluding hydrogens is 344 g/mol. The van der Waals surface area contributed by atoms with Crippen molar-refractivity contribution >= 4 is 17.7 Å². The van der Waals surface area contributed by atoms with Crippen LogP contribution in [0.2, 0.25) is 0 Å². The van der Waals surface area contributed by atoms with Gasteiger partial charge in [-0.15, -0.1) is 0 Å². The van der Waals surface area contributed by atoms with Gasteiger partial charge in [0.15, 0.2) is 0 Å². The third-order valence-electron chi connectivity index (χ3n) is 4.49. The second-order valence-electron chi connectivity index (χ2n) is 6.41. The number of anilines is 2. The molecule has 4 N–H and O–H groups in total. The van der Waals surface area contributed by atoms with Gasteiger partial charge in [-0.2, -0.15) is 4.98 Å². The highest BCUT2D eigenvalue weighted by molar-refractivity contribution is 5.76. The minimum atomic E-state index is -0.00244. The summed E-state index contributed by atoms with van der Waals surface area (Å²) >= 11 is 0. The average molecular weight is 372 g/mol. The SMILES string of the molecule is CCC(c1ccc(OC)nc1)N(C)C(=O)CCCCc1cc(N)nc(N)n1. The Bertz CT molecular complexity index is 730. The number of ether oxygens (including phenoxy) is 1. The predicted molar refractivity (Wildman–Crippen MR) is 105 cm³/mol. The van der Waals surface area contributed by atoms with Gasteiger partial charge in [0.05, 0.1) is 13.2 Å². The Morgan fingerprint density at radius 2 is 2.04 bits per heavy atom. The van der Waals surface area contributed by atoms with Crippen LogP contribution in [0.15, 0.2) is 24.4 Å². The van der Waals surface area contributed by atoms with Gasteiger partial charge in [-0.1, -0.05) is 13.0 Å². The van der Waals surface area contributed by atoms with Crippen LogP contribution in [-0.2, 0) is 11.2 Å².